The van der Waals surface area contributed by atoms with Gasteiger partial charge in [0.25, 0.3) is 0 Å². The van der Waals surface area contributed by atoms with E-state index in [0.717, 1.165) is 65.6 Å². The molecule has 136 valence electrons. The molecule has 0 aliphatic carbocycles. The first-order valence-corrected chi connectivity index (χ1v) is 9.06. The van der Waals surface area contributed by atoms with Crippen molar-refractivity contribution in [2.45, 2.75) is 26.9 Å². The number of anilines is 1. The summed E-state index contributed by atoms with van der Waals surface area (Å²) in [6, 6.07) is 8.28. The summed E-state index contributed by atoms with van der Waals surface area (Å²) in [6.07, 6.45) is 1.98. The molecule has 2 aromatic heterocycles. The normalized spacial score (nSPS) is 15.0. The first kappa shape index (κ1) is 16.8. The maximum Gasteiger partial charge on any atom is 0.129 e. The molecule has 26 heavy (non-hydrogen) atoms. The molecule has 0 amide bonds. The largest absolute Gasteiger partial charge is 0.491 e. The van der Waals surface area contributed by atoms with Gasteiger partial charge in [0.05, 0.1) is 24.8 Å². The van der Waals surface area contributed by atoms with Gasteiger partial charge in [0, 0.05) is 30.2 Å². The van der Waals surface area contributed by atoms with Crippen molar-refractivity contribution in [3.8, 4) is 17.0 Å². The molecule has 0 bridgehead atoms. The van der Waals surface area contributed by atoms with Gasteiger partial charge in [-0.25, -0.2) is 4.98 Å². The van der Waals surface area contributed by atoms with E-state index in [0.29, 0.717) is 0 Å². The minimum absolute atomic E-state index is 0.135. The van der Waals surface area contributed by atoms with Gasteiger partial charge >= 0.3 is 0 Å². The maximum absolute atomic E-state index is 5.96. The van der Waals surface area contributed by atoms with Crippen LogP contribution in [0.5, 0.6) is 5.75 Å². The van der Waals surface area contributed by atoms with Gasteiger partial charge in [0.1, 0.15) is 17.3 Å². The third-order valence-corrected chi connectivity index (χ3v) is 4.58. The summed E-state index contributed by atoms with van der Waals surface area (Å²) in [6.45, 7) is 9.35. The molecule has 1 aliphatic rings. The SMILES string of the molecule is Cc1cc2[nH]nc(-c3ccnc(N4CCOCC4)c3)c2cc1OC(C)C. The fourth-order valence-electron chi connectivity index (χ4n) is 3.28. The van der Waals surface area contributed by atoms with Crippen molar-refractivity contribution in [2.24, 2.45) is 0 Å². The van der Waals surface area contributed by atoms with E-state index in [2.05, 4.69) is 45.2 Å². The predicted molar refractivity (Wildman–Crippen MR) is 103 cm³/mol. The number of aromatic amines is 1. The molecule has 1 fully saturated rings. The molecule has 1 aliphatic heterocycles. The number of rotatable bonds is 4. The molecular formula is C20H24N4O2. The van der Waals surface area contributed by atoms with Gasteiger partial charge in [-0.1, -0.05) is 0 Å². The van der Waals surface area contributed by atoms with Crippen LogP contribution in [-0.2, 0) is 4.74 Å². The Labute approximate surface area is 153 Å². The highest BCUT2D eigenvalue weighted by Gasteiger charge is 2.16. The van der Waals surface area contributed by atoms with Crippen LogP contribution in [0.2, 0.25) is 0 Å². The van der Waals surface area contributed by atoms with Crippen molar-refractivity contribution in [1.82, 2.24) is 15.2 Å². The Morgan fingerprint density at radius 3 is 2.77 bits per heavy atom. The number of nitrogens with zero attached hydrogens (tertiary/aromatic N) is 3. The number of nitrogens with one attached hydrogen (secondary N) is 1. The van der Waals surface area contributed by atoms with E-state index in [4.69, 9.17) is 9.47 Å². The zero-order valence-electron chi connectivity index (χ0n) is 15.5. The Bertz CT molecular complexity index is 913. The van der Waals surface area contributed by atoms with Crippen LogP contribution < -0.4 is 9.64 Å². The number of aromatic nitrogens is 3. The van der Waals surface area contributed by atoms with Gasteiger partial charge in [0.2, 0.25) is 0 Å². The smallest absolute Gasteiger partial charge is 0.129 e. The number of hydrogen-bond acceptors (Lipinski definition) is 5. The summed E-state index contributed by atoms with van der Waals surface area (Å²) in [7, 11) is 0. The minimum atomic E-state index is 0.135. The summed E-state index contributed by atoms with van der Waals surface area (Å²) in [4.78, 5) is 6.78. The first-order chi connectivity index (χ1) is 12.6. The molecule has 3 aromatic rings. The average Bonchev–Trinajstić information content (AvgIpc) is 3.05. The standard InChI is InChI=1S/C20H24N4O2/c1-13(2)26-18-12-16-17(10-14(18)3)22-23-20(16)15-4-5-21-19(11-15)24-6-8-25-9-7-24/h4-5,10-13H,6-9H2,1-3H3,(H,22,23). The van der Waals surface area contributed by atoms with Crippen LogP contribution in [-0.4, -0.2) is 47.6 Å². The Morgan fingerprint density at radius 1 is 1.19 bits per heavy atom. The molecule has 0 atom stereocenters. The monoisotopic (exact) mass is 352 g/mol. The van der Waals surface area contributed by atoms with Gasteiger partial charge in [0.15, 0.2) is 0 Å². The van der Waals surface area contributed by atoms with Crippen LogP contribution >= 0.6 is 0 Å². The van der Waals surface area contributed by atoms with Crippen molar-refractivity contribution >= 4 is 16.7 Å². The number of hydrogen-bond donors (Lipinski definition) is 1. The van der Waals surface area contributed by atoms with E-state index in [1.165, 1.54) is 0 Å². The number of fused-ring (bicyclic) bond motifs is 1. The molecule has 6 heteroatoms. The lowest BCUT2D eigenvalue weighted by Gasteiger charge is -2.27. The van der Waals surface area contributed by atoms with E-state index >= 15 is 0 Å². The fraction of sp³-hybridized carbons (Fsp3) is 0.400. The molecule has 0 radical (unpaired) electrons. The van der Waals surface area contributed by atoms with Crippen LogP contribution in [0.25, 0.3) is 22.2 Å². The number of benzene rings is 1. The second-order valence-electron chi connectivity index (χ2n) is 6.90. The van der Waals surface area contributed by atoms with Crippen LogP contribution in [0.4, 0.5) is 5.82 Å². The number of morpholine rings is 1. The van der Waals surface area contributed by atoms with Crippen LogP contribution in [0, 0.1) is 6.92 Å². The number of pyridine rings is 1. The van der Waals surface area contributed by atoms with Crippen molar-refractivity contribution in [2.75, 3.05) is 31.2 Å². The molecule has 1 N–H and O–H groups in total. The molecule has 1 aromatic carbocycles. The van der Waals surface area contributed by atoms with E-state index in [1.54, 1.807) is 0 Å². The topological polar surface area (TPSA) is 63.3 Å². The summed E-state index contributed by atoms with van der Waals surface area (Å²) in [5.41, 5.74) is 4.08. The summed E-state index contributed by atoms with van der Waals surface area (Å²) in [5, 5.41) is 8.77. The molecule has 0 unspecified atom stereocenters. The summed E-state index contributed by atoms with van der Waals surface area (Å²) >= 11 is 0. The molecule has 0 spiro atoms. The van der Waals surface area contributed by atoms with Crippen LogP contribution in [0.1, 0.15) is 19.4 Å². The first-order valence-electron chi connectivity index (χ1n) is 9.06. The summed E-state index contributed by atoms with van der Waals surface area (Å²) < 4.78 is 11.4. The van der Waals surface area contributed by atoms with E-state index in [1.807, 2.05) is 26.1 Å². The van der Waals surface area contributed by atoms with Gasteiger partial charge in [-0.05, 0) is 50.6 Å². The average molecular weight is 352 g/mol. The Kier molecular flexibility index (Phi) is 4.51. The Morgan fingerprint density at radius 2 is 2.00 bits per heavy atom. The van der Waals surface area contributed by atoms with Crippen molar-refractivity contribution < 1.29 is 9.47 Å². The lowest BCUT2D eigenvalue weighted by atomic mass is 10.1. The predicted octanol–water partition coefficient (Wildman–Crippen LogP) is 3.56. The summed E-state index contributed by atoms with van der Waals surface area (Å²) in [5.74, 6) is 1.87. The second-order valence-corrected chi connectivity index (χ2v) is 6.90. The zero-order valence-corrected chi connectivity index (χ0v) is 15.5. The van der Waals surface area contributed by atoms with Gasteiger partial charge in [-0.3, -0.25) is 5.10 Å². The number of H-pyrrole nitrogens is 1. The fourth-order valence-corrected chi connectivity index (χ4v) is 3.28. The van der Waals surface area contributed by atoms with Crippen LogP contribution in [0.15, 0.2) is 30.5 Å². The van der Waals surface area contributed by atoms with Crippen molar-refractivity contribution in [3.05, 3.63) is 36.0 Å². The Balaban J connectivity index is 1.74. The van der Waals surface area contributed by atoms with Gasteiger partial charge < -0.3 is 14.4 Å². The second kappa shape index (κ2) is 6.96. The van der Waals surface area contributed by atoms with Crippen molar-refractivity contribution in [1.29, 1.82) is 0 Å². The molecule has 1 saturated heterocycles. The molecule has 4 rings (SSSR count). The number of ether oxygens (including phenoxy) is 2. The van der Waals surface area contributed by atoms with Crippen LogP contribution in [0.3, 0.4) is 0 Å². The highest BCUT2D eigenvalue weighted by atomic mass is 16.5. The molecule has 0 saturated carbocycles. The maximum atomic E-state index is 5.96. The van der Waals surface area contributed by atoms with E-state index in [-0.39, 0.29) is 6.10 Å². The quantitative estimate of drug-likeness (QED) is 0.778. The Hall–Kier alpha value is -2.60. The van der Waals surface area contributed by atoms with Gasteiger partial charge in [-0.2, -0.15) is 5.10 Å². The lowest BCUT2D eigenvalue weighted by Crippen LogP contribution is -2.36. The number of aryl methyl sites for hydroxylation is 1. The highest BCUT2D eigenvalue weighted by molar-refractivity contribution is 5.94. The molecule has 6 nitrogen and oxygen atoms in total. The lowest BCUT2D eigenvalue weighted by molar-refractivity contribution is 0.122. The zero-order chi connectivity index (χ0) is 18.1. The minimum Gasteiger partial charge on any atom is -0.491 e. The third-order valence-electron chi connectivity index (χ3n) is 4.58. The van der Waals surface area contributed by atoms with E-state index < -0.39 is 0 Å². The third kappa shape index (κ3) is 3.24. The van der Waals surface area contributed by atoms with E-state index in [9.17, 15) is 0 Å². The van der Waals surface area contributed by atoms with Crippen molar-refractivity contribution in [3.63, 3.8) is 0 Å². The highest BCUT2D eigenvalue weighted by Crippen LogP contribution is 2.33. The molecular weight excluding hydrogens is 328 g/mol. The molecule has 3 heterocycles. The van der Waals surface area contributed by atoms with Gasteiger partial charge in [-0.15, -0.1) is 0 Å².